The first-order valence-corrected chi connectivity index (χ1v) is 7.29. The highest BCUT2D eigenvalue weighted by Crippen LogP contribution is 2.17. The SMILES string of the molecule is CCc1nc(N)c(C)c(NCCS(=O)CC)n1. The van der Waals surface area contributed by atoms with Gasteiger partial charge in [0.2, 0.25) is 0 Å². The zero-order valence-corrected chi connectivity index (χ0v) is 11.4. The van der Waals surface area contributed by atoms with Crippen LogP contribution in [0.1, 0.15) is 25.2 Å². The number of rotatable bonds is 6. The van der Waals surface area contributed by atoms with Gasteiger partial charge in [-0.3, -0.25) is 4.21 Å². The van der Waals surface area contributed by atoms with E-state index < -0.39 is 10.8 Å². The minimum atomic E-state index is -0.757. The number of anilines is 2. The lowest BCUT2D eigenvalue weighted by Gasteiger charge is -2.11. The molecule has 1 aromatic heterocycles. The van der Waals surface area contributed by atoms with Gasteiger partial charge in [-0.25, -0.2) is 9.97 Å². The van der Waals surface area contributed by atoms with E-state index >= 15 is 0 Å². The van der Waals surface area contributed by atoms with Crippen LogP contribution in [0.4, 0.5) is 11.6 Å². The van der Waals surface area contributed by atoms with E-state index in [1.165, 1.54) is 0 Å². The van der Waals surface area contributed by atoms with Crippen molar-refractivity contribution in [3.8, 4) is 0 Å². The zero-order valence-electron chi connectivity index (χ0n) is 10.6. The van der Waals surface area contributed by atoms with E-state index in [9.17, 15) is 4.21 Å². The molecule has 0 aromatic carbocycles. The van der Waals surface area contributed by atoms with Crippen LogP contribution in [0.2, 0.25) is 0 Å². The van der Waals surface area contributed by atoms with Crippen LogP contribution in [0.25, 0.3) is 0 Å². The number of hydrogen-bond acceptors (Lipinski definition) is 5. The van der Waals surface area contributed by atoms with Gasteiger partial charge < -0.3 is 11.1 Å². The number of nitrogens with zero attached hydrogens (tertiary/aromatic N) is 2. The minimum Gasteiger partial charge on any atom is -0.383 e. The molecule has 0 aliphatic rings. The van der Waals surface area contributed by atoms with Crippen molar-refractivity contribution in [2.24, 2.45) is 0 Å². The Labute approximate surface area is 105 Å². The van der Waals surface area contributed by atoms with Crippen molar-refractivity contribution in [1.82, 2.24) is 9.97 Å². The fourth-order valence-corrected chi connectivity index (χ4v) is 1.96. The van der Waals surface area contributed by atoms with Crippen LogP contribution < -0.4 is 11.1 Å². The average molecular weight is 256 g/mol. The summed E-state index contributed by atoms with van der Waals surface area (Å²) >= 11 is 0. The Bertz CT molecular complexity index is 409. The average Bonchev–Trinajstić information content (AvgIpc) is 2.33. The summed E-state index contributed by atoms with van der Waals surface area (Å²) in [6.07, 6.45) is 0.750. The molecule has 1 unspecified atom stereocenters. The number of hydrogen-bond donors (Lipinski definition) is 2. The van der Waals surface area contributed by atoms with E-state index in [2.05, 4.69) is 15.3 Å². The number of aryl methyl sites for hydroxylation is 1. The molecule has 5 nitrogen and oxygen atoms in total. The van der Waals surface area contributed by atoms with Crippen LogP contribution in [0.3, 0.4) is 0 Å². The molecule has 96 valence electrons. The number of nitrogen functional groups attached to an aromatic ring is 1. The molecule has 0 aliphatic carbocycles. The molecule has 1 heterocycles. The zero-order chi connectivity index (χ0) is 12.8. The Morgan fingerprint density at radius 1 is 1.35 bits per heavy atom. The maximum Gasteiger partial charge on any atom is 0.134 e. The van der Waals surface area contributed by atoms with Gasteiger partial charge in [0.05, 0.1) is 0 Å². The fraction of sp³-hybridized carbons (Fsp3) is 0.636. The van der Waals surface area contributed by atoms with Gasteiger partial charge in [-0.05, 0) is 6.92 Å². The van der Waals surface area contributed by atoms with Crippen molar-refractivity contribution in [2.45, 2.75) is 27.2 Å². The third-order valence-corrected chi connectivity index (χ3v) is 3.79. The van der Waals surface area contributed by atoms with Gasteiger partial charge in [-0.2, -0.15) is 0 Å². The van der Waals surface area contributed by atoms with Gasteiger partial charge in [0.25, 0.3) is 0 Å². The van der Waals surface area contributed by atoms with Gasteiger partial charge in [0.15, 0.2) is 0 Å². The molecule has 1 aromatic rings. The van der Waals surface area contributed by atoms with Crippen LogP contribution >= 0.6 is 0 Å². The topological polar surface area (TPSA) is 80.9 Å². The summed E-state index contributed by atoms with van der Waals surface area (Å²) in [6, 6.07) is 0. The van der Waals surface area contributed by atoms with Crippen LogP contribution in [0, 0.1) is 6.92 Å². The first-order chi connectivity index (χ1) is 8.08. The molecular formula is C11H20N4OS. The number of nitrogens with one attached hydrogen (secondary N) is 1. The van der Waals surface area contributed by atoms with Crippen LogP contribution in [-0.4, -0.2) is 32.2 Å². The third kappa shape index (κ3) is 3.96. The summed E-state index contributed by atoms with van der Waals surface area (Å²) in [6.45, 7) is 6.42. The van der Waals surface area contributed by atoms with Gasteiger partial charge in [-0.1, -0.05) is 13.8 Å². The van der Waals surface area contributed by atoms with Crippen molar-refractivity contribution in [2.75, 3.05) is 29.1 Å². The van der Waals surface area contributed by atoms with Crippen molar-refractivity contribution < 1.29 is 4.21 Å². The second kappa shape index (κ2) is 6.54. The maximum atomic E-state index is 11.3. The van der Waals surface area contributed by atoms with E-state index in [0.717, 1.165) is 23.6 Å². The third-order valence-electron chi connectivity index (χ3n) is 2.49. The Balaban J connectivity index is 2.69. The number of nitrogens with two attached hydrogens (primary N) is 1. The van der Waals surface area contributed by atoms with Crippen molar-refractivity contribution in [1.29, 1.82) is 0 Å². The smallest absolute Gasteiger partial charge is 0.134 e. The van der Waals surface area contributed by atoms with Gasteiger partial charge in [-0.15, -0.1) is 0 Å². The standard InChI is InChI=1S/C11H20N4OS/c1-4-9-14-10(12)8(3)11(15-9)13-6-7-17(16)5-2/h4-7H2,1-3H3,(H3,12,13,14,15). The van der Waals surface area contributed by atoms with E-state index in [4.69, 9.17) is 5.73 Å². The molecule has 1 atom stereocenters. The lowest BCUT2D eigenvalue weighted by molar-refractivity contribution is 0.684. The molecular weight excluding hydrogens is 236 g/mol. The lowest BCUT2D eigenvalue weighted by Crippen LogP contribution is -2.15. The lowest BCUT2D eigenvalue weighted by atomic mass is 10.3. The van der Waals surface area contributed by atoms with Crippen molar-refractivity contribution >= 4 is 22.4 Å². The molecule has 0 saturated carbocycles. The van der Waals surface area contributed by atoms with Gasteiger partial charge >= 0.3 is 0 Å². The van der Waals surface area contributed by atoms with Crippen molar-refractivity contribution in [3.63, 3.8) is 0 Å². The highest BCUT2D eigenvalue weighted by molar-refractivity contribution is 7.84. The fourth-order valence-electron chi connectivity index (χ4n) is 1.34. The first-order valence-electron chi connectivity index (χ1n) is 5.80. The van der Waals surface area contributed by atoms with Crippen molar-refractivity contribution in [3.05, 3.63) is 11.4 Å². The molecule has 0 saturated heterocycles. The summed E-state index contributed by atoms with van der Waals surface area (Å²) in [5.74, 6) is 3.30. The van der Waals surface area contributed by atoms with Crippen LogP contribution in [-0.2, 0) is 17.2 Å². The predicted octanol–water partition coefficient (Wildman–Crippen LogP) is 1.11. The Morgan fingerprint density at radius 3 is 2.65 bits per heavy atom. The summed E-state index contributed by atoms with van der Waals surface area (Å²) in [5.41, 5.74) is 6.65. The van der Waals surface area contributed by atoms with Gasteiger partial charge in [0, 0.05) is 40.8 Å². The van der Waals surface area contributed by atoms with Gasteiger partial charge in [0.1, 0.15) is 17.5 Å². The summed E-state index contributed by atoms with van der Waals surface area (Å²) in [5, 5.41) is 3.17. The molecule has 0 spiro atoms. The van der Waals surface area contributed by atoms with E-state index in [1.807, 2.05) is 20.8 Å². The predicted molar refractivity (Wildman–Crippen MR) is 72.6 cm³/mol. The molecule has 17 heavy (non-hydrogen) atoms. The first kappa shape index (κ1) is 13.9. The highest BCUT2D eigenvalue weighted by atomic mass is 32.2. The van der Waals surface area contributed by atoms with E-state index in [0.29, 0.717) is 23.9 Å². The summed E-state index contributed by atoms with van der Waals surface area (Å²) in [7, 11) is -0.757. The number of aromatic nitrogens is 2. The van der Waals surface area contributed by atoms with Crippen LogP contribution in [0.5, 0.6) is 0 Å². The summed E-state index contributed by atoms with van der Waals surface area (Å²) in [4.78, 5) is 8.55. The second-order valence-electron chi connectivity index (χ2n) is 3.71. The Hall–Kier alpha value is -1.17. The molecule has 0 amide bonds. The minimum absolute atomic E-state index is 0.510. The molecule has 0 bridgehead atoms. The van der Waals surface area contributed by atoms with Crippen LogP contribution in [0.15, 0.2) is 0 Å². The Morgan fingerprint density at radius 2 is 2.06 bits per heavy atom. The molecule has 1 rings (SSSR count). The van der Waals surface area contributed by atoms with E-state index in [1.54, 1.807) is 0 Å². The molecule has 3 N–H and O–H groups in total. The quantitative estimate of drug-likeness (QED) is 0.797. The largest absolute Gasteiger partial charge is 0.383 e. The molecule has 0 radical (unpaired) electrons. The molecule has 0 fully saturated rings. The maximum absolute atomic E-state index is 11.3. The Kier molecular flexibility index (Phi) is 5.34. The molecule has 6 heteroatoms. The normalized spacial score (nSPS) is 12.4. The highest BCUT2D eigenvalue weighted by Gasteiger charge is 2.07. The molecule has 0 aliphatic heterocycles. The monoisotopic (exact) mass is 256 g/mol. The van der Waals surface area contributed by atoms with E-state index in [-0.39, 0.29) is 0 Å². The summed E-state index contributed by atoms with van der Waals surface area (Å²) < 4.78 is 11.3. The second-order valence-corrected chi connectivity index (χ2v) is 5.58.